The third-order valence-electron chi connectivity index (χ3n) is 2.68. The Morgan fingerprint density at radius 1 is 1.13 bits per heavy atom. The number of hydrogen-bond donors (Lipinski definition) is 1. The van der Waals surface area contributed by atoms with Crippen molar-refractivity contribution in [1.29, 1.82) is 0 Å². The maximum absolute atomic E-state index is 12.6. The number of carbonyl (C=O) groups excluding carboxylic acids is 2. The first-order valence-corrected chi connectivity index (χ1v) is 6.41. The molecule has 0 aliphatic carbocycles. The van der Waals surface area contributed by atoms with E-state index in [4.69, 9.17) is 4.74 Å². The molecule has 0 fully saturated rings. The van der Waals surface area contributed by atoms with Crippen LogP contribution in [0.3, 0.4) is 0 Å². The van der Waals surface area contributed by atoms with Gasteiger partial charge in [-0.25, -0.2) is 9.78 Å². The van der Waals surface area contributed by atoms with E-state index in [0.717, 1.165) is 12.1 Å². The molecule has 0 saturated carbocycles. The summed E-state index contributed by atoms with van der Waals surface area (Å²) in [7, 11) is 0. The number of carbonyl (C=O) groups is 2. The topological polar surface area (TPSA) is 68.3 Å². The van der Waals surface area contributed by atoms with Crippen LogP contribution in [-0.2, 0) is 15.7 Å². The smallest absolute Gasteiger partial charge is 0.416 e. The summed E-state index contributed by atoms with van der Waals surface area (Å²) in [5, 5.41) is 2.22. The summed E-state index contributed by atoms with van der Waals surface area (Å²) in [4.78, 5) is 26.9. The van der Waals surface area contributed by atoms with Gasteiger partial charge in [0.25, 0.3) is 5.91 Å². The van der Waals surface area contributed by atoms with Crippen LogP contribution < -0.4 is 5.32 Å². The van der Waals surface area contributed by atoms with Crippen molar-refractivity contribution in [1.82, 2.24) is 4.98 Å². The highest BCUT2D eigenvalue weighted by Gasteiger charge is 2.30. The first kappa shape index (κ1) is 16.5. The average molecular weight is 324 g/mol. The van der Waals surface area contributed by atoms with E-state index in [2.05, 4.69) is 10.3 Å². The molecule has 0 spiro atoms. The zero-order chi connectivity index (χ0) is 16.9. The van der Waals surface area contributed by atoms with Crippen molar-refractivity contribution in [2.75, 3.05) is 11.9 Å². The van der Waals surface area contributed by atoms with Gasteiger partial charge >= 0.3 is 12.1 Å². The predicted molar refractivity (Wildman–Crippen MR) is 74.6 cm³/mol. The molecule has 23 heavy (non-hydrogen) atoms. The lowest BCUT2D eigenvalue weighted by molar-refractivity contribution is -0.137. The summed E-state index contributed by atoms with van der Waals surface area (Å²) in [5.41, 5.74) is -0.904. The van der Waals surface area contributed by atoms with Gasteiger partial charge in [0.15, 0.2) is 6.61 Å². The van der Waals surface area contributed by atoms with Crippen LogP contribution in [0.25, 0.3) is 0 Å². The minimum absolute atomic E-state index is 0.0272. The third-order valence-corrected chi connectivity index (χ3v) is 2.68. The normalized spacial score (nSPS) is 10.9. The van der Waals surface area contributed by atoms with E-state index in [0.29, 0.717) is 0 Å². The molecule has 0 saturated heterocycles. The van der Waals surface area contributed by atoms with Gasteiger partial charge in [0, 0.05) is 11.9 Å². The van der Waals surface area contributed by atoms with Crippen LogP contribution in [-0.4, -0.2) is 23.5 Å². The number of nitrogens with zero attached hydrogens (tertiary/aromatic N) is 1. The second-order valence-electron chi connectivity index (χ2n) is 4.42. The number of alkyl halides is 3. The molecule has 2 rings (SSSR count). The van der Waals surface area contributed by atoms with Crippen molar-refractivity contribution in [3.8, 4) is 0 Å². The molecule has 1 heterocycles. The molecular formula is C15H11F3N2O3. The van der Waals surface area contributed by atoms with Crippen LogP contribution >= 0.6 is 0 Å². The molecule has 8 heteroatoms. The molecule has 0 unspecified atom stereocenters. The van der Waals surface area contributed by atoms with Gasteiger partial charge in [-0.15, -0.1) is 0 Å². The Labute approximate surface area is 129 Å². The number of rotatable bonds is 4. The Hall–Kier alpha value is -2.90. The summed E-state index contributed by atoms with van der Waals surface area (Å²) >= 11 is 0. The predicted octanol–water partition coefficient (Wildman–Crippen LogP) is 2.90. The number of halogens is 3. The zero-order valence-corrected chi connectivity index (χ0v) is 11.6. The van der Waals surface area contributed by atoms with Crippen LogP contribution in [0.4, 0.5) is 18.9 Å². The van der Waals surface area contributed by atoms with Gasteiger partial charge in [-0.05, 0) is 30.3 Å². The highest BCUT2D eigenvalue weighted by molar-refractivity contribution is 5.94. The summed E-state index contributed by atoms with van der Waals surface area (Å²) in [5.74, 6) is -1.56. The molecule has 1 aromatic heterocycles. The van der Waals surface area contributed by atoms with Crippen molar-refractivity contribution in [3.63, 3.8) is 0 Å². The number of hydrogen-bond acceptors (Lipinski definition) is 4. The second-order valence-corrected chi connectivity index (χ2v) is 4.42. The molecule has 0 aliphatic heterocycles. The zero-order valence-electron chi connectivity index (χ0n) is 11.6. The first-order valence-electron chi connectivity index (χ1n) is 6.41. The third kappa shape index (κ3) is 4.80. The van der Waals surface area contributed by atoms with Crippen molar-refractivity contribution < 1.29 is 27.5 Å². The van der Waals surface area contributed by atoms with Crippen LogP contribution in [0.2, 0.25) is 0 Å². The molecule has 1 aromatic carbocycles. The van der Waals surface area contributed by atoms with Crippen molar-refractivity contribution in [3.05, 3.63) is 59.9 Å². The molecule has 0 atom stereocenters. The van der Waals surface area contributed by atoms with Crippen molar-refractivity contribution >= 4 is 17.6 Å². The number of pyridine rings is 1. The van der Waals surface area contributed by atoms with Crippen molar-refractivity contribution in [2.24, 2.45) is 0 Å². The highest BCUT2D eigenvalue weighted by Crippen LogP contribution is 2.30. The largest absolute Gasteiger partial charge is 0.451 e. The first-order chi connectivity index (χ1) is 10.9. The number of nitrogens with one attached hydrogen (secondary N) is 1. The molecule has 0 bridgehead atoms. The maximum atomic E-state index is 12.6. The summed E-state index contributed by atoms with van der Waals surface area (Å²) < 4.78 is 42.4. The van der Waals surface area contributed by atoms with Crippen LogP contribution in [0.1, 0.15) is 16.1 Å². The lowest BCUT2D eigenvalue weighted by atomic mass is 10.2. The van der Waals surface area contributed by atoms with Gasteiger partial charge in [0.05, 0.1) is 5.56 Å². The van der Waals surface area contributed by atoms with E-state index in [-0.39, 0.29) is 11.4 Å². The van der Waals surface area contributed by atoms with Crippen LogP contribution in [0, 0.1) is 0 Å². The minimum atomic E-state index is -4.51. The second kappa shape index (κ2) is 6.91. The number of aromatic nitrogens is 1. The van der Waals surface area contributed by atoms with Gasteiger partial charge in [-0.3, -0.25) is 4.79 Å². The van der Waals surface area contributed by atoms with E-state index >= 15 is 0 Å². The molecule has 0 aliphatic rings. The van der Waals surface area contributed by atoms with E-state index in [1.165, 1.54) is 24.4 Å². The Kier molecular flexibility index (Phi) is 4.95. The fourth-order valence-corrected chi connectivity index (χ4v) is 1.66. The van der Waals surface area contributed by atoms with E-state index < -0.39 is 30.2 Å². The van der Waals surface area contributed by atoms with Gasteiger partial charge in [0.2, 0.25) is 0 Å². The molecule has 0 radical (unpaired) electrons. The van der Waals surface area contributed by atoms with E-state index in [1.807, 2.05) is 0 Å². The minimum Gasteiger partial charge on any atom is -0.451 e. The SMILES string of the molecule is O=C(COC(=O)c1ccccn1)Nc1cccc(C(F)(F)F)c1. The van der Waals surface area contributed by atoms with E-state index in [9.17, 15) is 22.8 Å². The lowest BCUT2D eigenvalue weighted by Crippen LogP contribution is -2.21. The quantitative estimate of drug-likeness (QED) is 0.878. The number of ether oxygens (including phenoxy) is 1. The molecule has 1 N–H and O–H groups in total. The van der Waals surface area contributed by atoms with Gasteiger partial charge in [-0.1, -0.05) is 12.1 Å². The molecule has 120 valence electrons. The molecule has 5 nitrogen and oxygen atoms in total. The van der Waals surface area contributed by atoms with Crippen LogP contribution in [0.5, 0.6) is 0 Å². The molecular weight excluding hydrogens is 313 g/mol. The summed E-state index contributed by atoms with van der Waals surface area (Å²) in [6.45, 7) is -0.633. The monoisotopic (exact) mass is 324 g/mol. The highest BCUT2D eigenvalue weighted by atomic mass is 19.4. The Morgan fingerprint density at radius 3 is 2.57 bits per heavy atom. The number of amides is 1. The fraction of sp³-hybridized carbons (Fsp3) is 0.133. The number of esters is 1. The van der Waals surface area contributed by atoms with E-state index in [1.54, 1.807) is 12.1 Å². The Morgan fingerprint density at radius 2 is 1.91 bits per heavy atom. The average Bonchev–Trinajstić information content (AvgIpc) is 2.53. The number of benzene rings is 1. The standard InChI is InChI=1S/C15H11F3N2O3/c16-15(17,18)10-4-3-5-11(8-10)20-13(21)9-23-14(22)12-6-1-2-7-19-12/h1-8H,9H2,(H,20,21). The van der Waals surface area contributed by atoms with Gasteiger partial charge in [-0.2, -0.15) is 13.2 Å². The Balaban J connectivity index is 1.92. The molecule has 2 aromatic rings. The fourth-order valence-electron chi connectivity index (χ4n) is 1.66. The molecule has 1 amide bonds. The number of anilines is 1. The maximum Gasteiger partial charge on any atom is 0.416 e. The Bertz CT molecular complexity index is 703. The van der Waals surface area contributed by atoms with Crippen molar-refractivity contribution in [2.45, 2.75) is 6.18 Å². The lowest BCUT2D eigenvalue weighted by Gasteiger charge is -2.10. The summed E-state index contributed by atoms with van der Waals surface area (Å²) in [6.07, 6.45) is -3.12. The summed E-state index contributed by atoms with van der Waals surface area (Å²) in [6, 6.07) is 8.73. The van der Waals surface area contributed by atoms with Gasteiger partial charge < -0.3 is 10.1 Å². The van der Waals surface area contributed by atoms with Crippen LogP contribution in [0.15, 0.2) is 48.7 Å². The van der Waals surface area contributed by atoms with Gasteiger partial charge in [0.1, 0.15) is 5.69 Å².